The lowest BCUT2D eigenvalue weighted by atomic mass is 10.00. The van der Waals surface area contributed by atoms with Crippen LogP contribution in [0, 0.1) is 0 Å². The van der Waals surface area contributed by atoms with Crippen LogP contribution in [0.1, 0.15) is 39.2 Å². The normalized spacial score (nSPS) is 12.2. The van der Waals surface area contributed by atoms with Gasteiger partial charge in [0.1, 0.15) is 17.0 Å². The minimum atomic E-state index is -0.597. The molecule has 0 aliphatic carbocycles. The van der Waals surface area contributed by atoms with E-state index in [4.69, 9.17) is 9.47 Å². The van der Waals surface area contributed by atoms with Crippen LogP contribution in [-0.4, -0.2) is 19.3 Å². The van der Waals surface area contributed by atoms with Gasteiger partial charge in [0, 0.05) is 23.6 Å². The third-order valence-electron chi connectivity index (χ3n) is 5.91. The molecule has 0 spiro atoms. The maximum Gasteiger partial charge on any atom is 0.272 e. The van der Waals surface area contributed by atoms with E-state index in [1.165, 1.54) is 5.56 Å². The highest BCUT2D eigenvalue weighted by atomic mass is 16.5. The molecule has 36 heavy (non-hydrogen) atoms. The Morgan fingerprint density at radius 2 is 1.56 bits per heavy atom. The van der Waals surface area contributed by atoms with Gasteiger partial charge in [-0.25, -0.2) is 0 Å². The average Bonchev–Trinajstić information content (AvgIpc) is 2.89. The minimum absolute atomic E-state index is 0.0858. The molecule has 4 aromatic rings. The molecule has 0 fully saturated rings. The maximum absolute atomic E-state index is 12.3. The third-order valence-corrected chi connectivity index (χ3v) is 5.91. The second-order valence-electron chi connectivity index (χ2n) is 9.87. The number of anilines is 4. The van der Waals surface area contributed by atoms with Crippen molar-refractivity contribution >= 4 is 22.7 Å². The molecule has 0 unspecified atom stereocenters. The van der Waals surface area contributed by atoms with Gasteiger partial charge in [-0.3, -0.25) is 9.59 Å². The first kappa shape index (κ1) is 25.0. The van der Waals surface area contributed by atoms with Crippen LogP contribution < -0.4 is 30.5 Å². The number of hydrogen-bond acceptors (Lipinski definition) is 6. The summed E-state index contributed by atoms with van der Waals surface area (Å²) in [5.74, 6) is 1.13. The standard InChI is InChI=1S/C30H32N2O4/c1-20(21-10-7-6-8-11-21)19-32(23-14-16-25(35-5)17-15-23)24-13-9-12-22(18-24)31-26-27(33)28(34)29(26)36-30(2,3)4/h6-18,20,31H,19H2,1-5H3/t20-/m1/s1. The summed E-state index contributed by atoms with van der Waals surface area (Å²) in [4.78, 5) is 26.6. The van der Waals surface area contributed by atoms with E-state index < -0.39 is 16.5 Å². The second-order valence-corrected chi connectivity index (χ2v) is 9.87. The first-order valence-electron chi connectivity index (χ1n) is 12.0. The van der Waals surface area contributed by atoms with Crippen LogP contribution in [0.2, 0.25) is 0 Å². The molecule has 4 rings (SSSR count). The van der Waals surface area contributed by atoms with Crippen LogP contribution >= 0.6 is 0 Å². The van der Waals surface area contributed by atoms with E-state index in [-0.39, 0.29) is 17.4 Å². The Kier molecular flexibility index (Phi) is 7.15. The Labute approximate surface area is 211 Å². The summed E-state index contributed by atoms with van der Waals surface area (Å²) in [6.07, 6.45) is 0. The molecule has 1 N–H and O–H groups in total. The van der Waals surface area contributed by atoms with Crippen molar-refractivity contribution in [3.8, 4) is 11.5 Å². The summed E-state index contributed by atoms with van der Waals surface area (Å²) in [7, 11) is 1.65. The van der Waals surface area contributed by atoms with E-state index in [0.717, 1.165) is 23.7 Å². The van der Waals surface area contributed by atoms with E-state index in [9.17, 15) is 9.59 Å². The molecule has 0 radical (unpaired) electrons. The number of methoxy groups -OCH3 is 1. The second kappa shape index (κ2) is 10.3. The molecule has 0 aliphatic rings. The van der Waals surface area contributed by atoms with Crippen LogP contribution in [0.15, 0.2) is 88.5 Å². The lowest BCUT2D eigenvalue weighted by molar-refractivity contribution is 0.128. The Hall–Kier alpha value is -4.06. The van der Waals surface area contributed by atoms with Gasteiger partial charge >= 0.3 is 0 Å². The summed E-state index contributed by atoms with van der Waals surface area (Å²) in [6, 6.07) is 26.1. The van der Waals surface area contributed by atoms with Crippen LogP contribution in [-0.2, 0) is 0 Å². The van der Waals surface area contributed by atoms with Gasteiger partial charge in [0.2, 0.25) is 0 Å². The smallest absolute Gasteiger partial charge is 0.272 e. The Balaban J connectivity index is 1.66. The molecule has 0 bridgehead atoms. The lowest BCUT2D eigenvalue weighted by Crippen LogP contribution is -2.39. The molecule has 0 aromatic heterocycles. The predicted molar refractivity (Wildman–Crippen MR) is 146 cm³/mol. The van der Waals surface area contributed by atoms with Gasteiger partial charge in [0.25, 0.3) is 10.9 Å². The van der Waals surface area contributed by atoms with Crippen LogP contribution in [0.3, 0.4) is 0 Å². The van der Waals surface area contributed by atoms with Crippen molar-refractivity contribution in [2.45, 2.75) is 39.2 Å². The highest BCUT2D eigenvalue weighted by Crippen LogP contribution is 2.33. The van der Waals surface area contributed by atoms with Gasteiger partial charge in [0.15, 0.2) is 5.75 Å². The molecule has 1 atom stereocenters. The van der Waals surface area contributed by atoms with Gasteiger partial charge in [-0.2, -0.15) is 0 Å². The number of benzene rings is 3. The van der Waals surface area contributed by atoms with Crippen molar-refractivity contribution in [3.05, 3.63) is 105 Å². The number of hydrogen-bond donors (Lipinski definition) is 1. The highest BCUT2D eigenvalue weighted by Gasteiger charge is 2.27. The van der Waals surface area contributed by atoms with Crippen LogP contribution in [0.4, 0.5) is 22.7 Å². The summed E-state index contributed by atoms with van der Waals surface area (Å²) < 4.78 is 11.1. The van der Waals surface area contributed by atoms with E-state index in [1.807, 2.05) is 75.4 Å². The molecular formula is C30H32N2O4. The van der Waals surface area contributed by atoms with E-state index in [0.29, 0.717) is 5.69 Å². The van der Waals surface area contributed by atoms with Gasteiger partial charge in [-0.05, 0) is 74.7 Å². The van der Waals surface area contributed by atoms with Crippen molar-refractivity contribution in [1.82, 2.24) is 0 Å². The summed E-state index contributed by atoms with van der Waals surface area (Å²) in [5, 5.41) is 3.12. The number of ether oxygens (including phenoxy) is 2. The van der Waals surface area contributed by atoms with Crippen LogP contribution in [0.5, 0.6) is 11.5 Å². The molecule has 6 heteroatoms. The lowest BCUT2D eigenvalue weighted by Gasteiger charge is -2.29. The molecule has 0 amide bonds. The molecule has 6 nitrogen and oxygen atoms in total. The highest BCUT2D eigenvalue weighted by molar-refractivity contribution is 5.74. The molecule has 0 saturated heterocycles. The van der Waals surface area contributed by atoms with E-state index >= 15 is 0 Å². The van der Waals surface area contributed by atoms with Crippen molar-refractivity contribution in [1.29, 1.82) is 0 Å². The third kappa shape index (κ3) is 5.60. The monoisotopic (exact) mass is 484 g/mol. The van der Waals surface area contributed by atoms with Crippen molar-refractivity contribution < 1.29 is 9.47 Å². The molecule has 4 aromatic carbocycles. The van der Waals surface area contributed by atoms with Crippen molar-refractivity contribution in [3.63, 3.8) is 0 Å². The van der Waals surface area contributed by atoms with Crippen molar-refractivity contribution in [2.75, 3.05) is 23.9 Å². The fourth-order valence-corrected chi connectivity index (χ4v) is 4.07. The van der Waals surface area contributed by atoms with E-state index in [2.05, 4.69) is 41.4 Å². The molecule has 0 saturated carbocycles. The molecule has 186 valence electrons. The van der Waals surface area contributed by atoms with Gasteiger partial charge in [0.05, 0.1) is 7.11 Å². The number of nitrogens with zero attached hydrogens (tertiary/aromatic N) is 1. The summed E-state index contributed by atoms with van der Waals surface area (Å²) in [6.45, 7) is 8.46. The van der Waals surface area contributed by atoms with Gasteiger partial charge in [-0.15, -0.1) is 0 Å². The molecular weight excluding hydrogens is 452 g/mol. The fraction of sp³-hybridized carbons (Fsp3) is 0.267. The van der Waals surface area contributed by atoms with Crippen LogP contribution in [0.25, 0.3) is 0 Å². The largest absolute Gasteiger partial charge is 0.497 e. The minimum Gasteiger partial charge on any atom is -0.497 e. The molecule has 0 aliphatic heterocycles. The quantitative estimate of drug-likeness (QED) is 0.287. The van der Waals surface area contributed by atoms with E-state index in [1.54, 1.807) is 7.11 Å². The summed E-state index contributed by atoms with van der Waals surface area (Å²) in [5.41, 5.74) is 2.36. The molecule has 0 heterocycles. The number of rotatable bonds is 9. The maximum atomic E-state index is 12.3. The topological polar surface area (TPSA) is 67.9 Å². The Morgan fingerprint density at radius 1 is 0.861 bits per heavy atom. The van der Waals surface area contributed by atoms with Crippen molar-refractivity contribution in [2.24, 2.45) is 0 Å². The fourth-order valence-electron chi connectivity index (χ4n) is 4.07. The zero-order valence-corrected chi connectivity index (χ0v) is 21.4. The van der Waals surface area contributed by atoms with Gasteiger partial charge in [-0.1, -0.05) is 43.3 Å². The SMILES string of the molecule is COc1ccc(N(C[C@@H](C)c2ccccc2)c2cccc(Nc3c(OC(C)(C)C)c(=O)c3=O)c2)cc1. The van der Waals surface area contributed by atoms with Gasteiger partial charge < -0.3 is 19.7 Å². The number of nitrogens with one attached hydrogen (secondary N) is 1. The average molecular weight is 485 g/mol. The predicted octanol–water partition coefficient (Wildman–Crippen LogP) is 6.15. The Morgan fingerprint density at radius 3 is 2.19 bits per heavy atom. The summed E-state index contributed by atoms with van der Waals surface area (Å²) >= 11 is 0. The Bertz CT molecular complexity index is 1380. The zero-order valence-electron chi connectivity index (χ0n) is 21.4. The zero-order chi connectivity index (χ0) is 25.9. The first-order valence-corrected chi connectivity index (χ1v) is 12.0. The first-order chi connectivity index (χ1) is 17.2.